The van der Waals surface area contributed by atoms with Gasteiger partial charge in [-0.25, -0.2) is 0 Å². The van der Waals surface area contributed by atoms with Gasteiger partial charge in [-0.3, -0.25) is 4.79 Å². The zero-order valence-electron chi connectivity index (χ0n) is 14.4. The molecule has 4 fully saturated rings. The Morgan fingerprint density at radius 3 is 1.76 bits per heavy atom. The molecule has 0 atom stereocenters. The minimum absolute atomic E-state index is 0.229. The van der Waals surface area contributed by atoms with Crippen molar-refractivity contribution in [2.24, 2.45) is 34.8 Å². The average molecular weight is 292 g/mol. The summed E-state index contributed by atoms with van der Waals surface area (Å²) in [5, 5.41) is 0. The van der Waals surface area contributed by atoms with Gasteiger partial charge in [-0.05, 0) is 83.5 Å². The van der Waals surface area contributed by atoms with Crippen LogP contribution in [0.25, 0.3) is 0 Å². The smallest absolute Gasteiger partial charge is 0.230 e. The first-order valence-electron chi connectivity index (χ1n) is 8.67. The number of hydrogen-bond donors (Lipinski definition) is 1. The van der Waals surface area contributed by atoms with Crippen LogP contribution in [-0.4, -0.2) is 29.4 Å². The van der Waals surface area contributed by atoms with Crippen LogP contribution in [0, 0.1) is 29.1 Å². The lowest BCUT2D eigenvalue weighted by Gasteiger charge is -2.57. The molecule has 0 radical (unpaired) electrons. The SMILES string of the molecule is CN(C(=O)C(C)(C)C(C)(C)N)C1C2CC3CC(C2)CC1C3. The number of carbonyl (C=O) groups is 1. The van der Waals surface area contributed by atoms with Gasteiger partial charge in [0.05, 0.1) is 5.41 Å². The fraction of sp³-hybridized carbons (Fsp3) is 0.944. The van der Waals surface area contributed by atoms with Crippen LogP contribution in [0.5, 0.6) is 0 Å². The highest BCUT2D eigenvalue weighted by Crippen LogP contribution is 2.55. The number of hydrogen-bond acceptors (Lipinski definition) is 2. The molecule has 21 heavy (non-hydrogen) atoms. The number of amides is 1. The Balaban J connectivity index is 1.79. The molecule has 0 aromatic rings. The van der Waals surface area contributed by atoms with Gasteiger partial charge in [0, 0.05) is 18.6 Å². The van der Waals surface area contributed by atoms with E-state index in [4.69, 9.17) is 5.73 Å². The monoisotopic (exact) mass is 292 g/mol. The van der Waals surface area contributed by atoms with E-state index in [9.17, 15) is 4.79 Å². The first-order chi connectivity index (χ1) is 9.61. The van der Waals surface area contributed by atoms with Gasteiger partial charge < -0.3 is 10.6 Å². The Hall–Kier alpha value is -0.570. The molecule has 1 amide bonds. The van der Waals surface area contributed by atoms with E-state index in [1.807, 2.05) is 34.7 Å². The molecule has 2 N–H and O–H groups in total. The molecule has 0 aromatic carbocycles. The molecule has 4 saturated carbocycles. The summed E-state index contributed by atoms with van der Waals surface area (Å²) in [6, 6.07) is 0.465. The van der Waals surface area contributed by atoms with Crippen LogP contribution in [0.1, 0.15) is 59.8 Å². The van der Waals surface area contributed by atoms with Crippen molar-refractivity contribution in [1.82, 2.24) is 4.90 Å². The third kappa shape index (κ3) is 2.32. The fourth-order valence-corrected chi connectivity index (χ4v) is 5.38. The van der Waals surface area contributed by atoms with E-state index in [0.29, 0.717) is 6.04 Å². The molecule has 4 aliphatic carbocycles. The minimum atomic E-state index is -0.517. The maximum Gasteiger partial charge on any atom is 0.230 e. The molecule has 4 aliphatic rings. The van der Waals surface area contributed by atoms with Crippen LogP contribution >= 0.6 is 0 Å². The summed E-state index contributed by atoms with van der Waals surface area (Å²) in [5.74, 6) is 3.61. The largest absolute Gasteiger partial charge is 0.342 e. The first-order valence-corrected chi connectivity index (χ1v) is 8.67. The zero-order chi connectivity index (χ0) is 15.6. The van der Waals surface area contributed by atoms with Crippen LogP contribution in [0.2, 0.25) is 0 Å². The fourth-order valence-electron chi connectivity index (χ4n) is 5.38. The highest BCUT2D eigenvalue weighted by molar-refractivity contribution is 5.83. The molecule has 3 heteroatoms. The van der Waals surface area contributed by atoms with Crippen molar-refractivity contribution in [2.75, 3.05) is 7.05 Å². The van der Waals surface area contributed by atoms with Gasteiger partial charge in [-0.15, -0.1) is 0 Å². The maximum atomic E-state index is 13.1. The van der Waals surface area contributed by atoms with Crippen molar-refractivity contribution < 1.29 is 4.79 Å². The van der Waals surface area contributed by atoms with Crippen LogP contribution < -0.4 is 5.73 Å². The molecule has 4 bridgehead atoms. The average Bonchev–Trinajstić information content (AvgIpc) is 2.34. The van der Waals surface area contributed by atoms with Crippen molar-refractivity contribution in [2.45, 2.75) is 71.4 Å². The molecule has 0 aliphatic heterocycles. The molecular weight excluding hydrogens is 260 g/mol. The Labute approximate surface area is 129 Å². The molecule has 0 saturated heterocycles. The van der Waals surface area contributed by atoms with Gasteiger partial charge in [0.2, 0.25) is 5.91 Å². The van der Waals surface area contributed by atoms with E-state index >= 15 is 0 Å². The van der Waals surface area contributed by atoms with Gasteiger partial charge in [-0.2, -0.15) is 0 Å². The van der Waals surface area contributed by atoms with Crippen LogP contribution in [-0.2, 0) is 4.79 Å². The predicted molar refractivity (Wildman–Crippen MR) is 85.7 cm³/mol. The van der Waals surface area contributed by atoms with E-state index in [1.54, 1.807) is 0 Å². The lowest BCUT2D eigenvalue weighted by atomic mass is 9.53. The van der Waals surface area contributed by atoms with Crippen molar-refractivity contribution in [3.8, 4) is 0 Å². The predicted octanol–water partition coefficient (Wildman–Crippen LogP) is 3.03. The molecule has 0 unspecified atom stereocenters. The van der Waals surface area contributed by atoms with Crippen LogP contribution in [0.3, 0.4) is 0 Å². The third-order valence-electron chi connectivity index (χ3n) is 7.09. The van der Waals surface area contributed by atoms with Crippen molar-refractivity contribution >= 4 is 5.91 Å². The van der Waals surface area contributed by atoms with Gasteiger partial charge >= 0.3 is 0 Å². The summed E-state index contributed by atoms with van der Waals surface area (Å²) in [6.45, 7) is 7.94. The van der Waals surface area contributed by atoms with Crippen LogP contribution in [0.4, 0.5) is 0 Å². The van der Waals surface area contributed by atoms with Crippen molar-refractivity contribution in [1.29, 1.82) is 0 Å². The second kappa shape index (κ2) is 4.71. The summed E-state index contributed by atoms with van der Waals surface area (Å²) in [7, 11) is 2.03. The number of nitrogens with two attached hydrogens (primary N) is 1. The highest BCUT2D eigenvalue weighted by atomic mass is 16.2. The highest BCUT2D eigenvalue weighted by Gasteiger charge is 2.52. The van der Waals surface area contributed by atoms with Gasteiger partial charge in [0.25, 0.3) is 0 Å². The van der Waals surface area contributed by atoms with E-state index in [2.05, 4.69) is 4.90 Å². The first kappa shape index (κ1) is 15.3. The normalized spacial score (nSPS) is 38.7. The second-order valence-corrected chi connectivity index (χ2v) is 9.18. The topological polar surface area (TPSA) is 46.3 Å². The molecule has 0 heterocycles. The number of nitrogens with zero attached hydrogens (tertiary/aromatic N) is 1. The van der Waals surface area contributed by atoms with Crippen LogP contribution in [0.15, 0.2) is 0 Å². The quantitative estimate of drug-likeness (QED) is 0.869. The number of carbonyl (C=O) groups excluding carboxylic acids is 1. The standard InChI is InChI=1S/C18H32N2O/c1-17(2,18(3,4)19)16(21)20(5)15-13-7-11-6-12(9-13)10-14(15)8-11/h11-15H,6-10,19H2,1-5H3. The summed E-state index contributed by atoms with van der Waals surface area (Å²) in [4.78, 5) is 15.2. The molecule has 0 aromatic heterocycles. The minimum Gasteiger partial charge on any atom is -0.342 e. The van der Waals surface area contributed by atoms with E-state index in [1.165, 1.54) is 32.1 Å². The Morgan fingerprint density at radius 2 is 1.38 bits per heavy atom. The third-order valence-corrected chi connectivity index (χ3v) is 7.09. The summed E-state index contributed by atoms with van der Waals surface area (Å²) < 4.78 is 0. The Morgan fingerprint density at radius 1 is 0.952 bits per heavy atom. The molecule has 3 nitrogen and oxygen atoms in total. The zero-order valence-corrected chi connectivity index (χ0v) is 14.4. The molecule has 120 valence electrons. The second-order valence-electron chi connectivity index (χ2n) is 9.18. The maximum absolute atomic E-state index is 13.1. The number of rotatable bonds is 3. The lowest BCUT2D eigenvalue weighted by molar-refractivity contribution is -0.153. The lowest BCUT2D eigenvalue weighted by Crippen LogP contribution is -2.62. The summed E-state index contributed by atoms with van der Waals surface area (Å²) in [6.07, 6.45) is 6.85. The van der Waals surface area contributed by atoms with Gasteiger partial charge in [0.1, 0.15) is 0 Å². The van der Waals surface area contributed by atoms with Crippen molar-refractivity contribution in [3.63, 3.8) is 0 Å². The van der Waals surface area contributed by atoms with E-state index in [-0.39, 0.29) is 5.91 Å². The van der Waals surface area contributed by atoms with Crippen molar-refractivity contribution in [3.05, 3.63) is 0 Å². The summed E-state index contributed by atoms with van der Waals surface area (Å²) in [5.41, 5.74) is 5.27. The molecule has 0 spiro atoms. The van der Waals surface area contributed by atoms with E-state index < -0.39 is 11.0 Å². The Bertz CT molecular complexity index is 407. The Kier molecular flexibility index (Phi) is 3.44. The summed E-state index contributed by atoms with van der Waals surface area (Å²) >= 11 is 0. The molecular formula is C18H32N2O. The van der Waals surface area contributed by atoms with Gasteiger partial charge in [0.15, 0.2) is 0 Å². The van der Waals surface area contributed by atoms with E-state index in [0.717, 1.165) is 23.7 Å². The van der Waals surface area contributed by atoms with Gasteiger partial charge in [-0.1, -0.05) is 0 Å². The molecule has 4 rings (SSSR count).